The lowest BCUT2D eigenvalue weighted by Gasteiger charge is -2.34. The Morgan fingerprint density at radius 2 is 1.79 bits per heavy atom. The molecule has 1 unspecified atom stereocenters. The normalized spacial score (nSPS) is 17.2. The number of halogens is 5. The molecule has 0 radical (unpaired) electrons. The van der Waals surface area contributed by atoms with Gasteiger partial charge in [0.2, 0.25) is 0 Å². The summed E-state index contributed by atoms with van der Waals surface area (Å²) in [5, 5.41) is 10.3. The molecular formula is C23H25Br2F3N4O. The number of rotatable bonds is 4. The first-order chi connectivity index (χ1) is 15.5. The summed E-state index contributed by atoms with van der Waals surface area (Å²) in [5.41, 5.74) is 2.38. The minimum atomic E-state index is -4.45. The third kappa shape index (κ3) is 4.53. The second kappa shape index (κ2) is 9.19. The third-order valence-electron chi connectivity index (χ3n) is 6.37. The van der Waals surface area contributed by atoms with Crippen LogP contribution in [0.1, 0.15) is 41.9 Å². The van der Waals surface area contributed by atoms with Crippen molar-refractivity contribution in [3.8, 4) is 5.69 Å². The van der Waals surface area contributed by atoms with Crippen molar-refractivity contribution >= 4 is 48.7 Å². The Bertz CT molecular complexity index is 1180. The van der Waals surface area contributed by atoms with Crippen molar-refractivity contribution < 1.29 is 18.3 Å². The number of aromatic nitrogens is 3. The van der Waals surface area contributed by atoms with Gasteiger partial charge in [0.1, 0.15) is 11.6 Å². The van der Waals surface area contributed by atoms with Crippen molar-refractivity contribution in [2.24, 2.45) is 5.92 Å². The monoisotopic (exact) mass is 588 g/mol. The van der Waals surface area contributed by atoms with Gasteiger partial charge in [0.05, 0.1) is 16.6 Å². The summed E-state index contributed by atoms with van der Waals surface area (Å²) >= 11 is 6.73. The van der Waals surface area contributed by atoms with E-state index in [1.165, 1.54) is 0 Å². The molecule has 0 amide bonds. The SMILES string of the molecule is Cc1nc(N2CCCC(CCO)C2)c2c(C)c(C)n(-c3c(Br)cc(C(F)(F)F)cc3Br)c2n1. The number of piperidine rings is 1. The predicted molar refractivity (Wildman–Crippen MR) is 130 cm³/mol. The zero-order valence-corrected chi connectivity index (χ0v) is 21.8. The Hall–Kier alpha value is -1.65. The standard InChI is InChI=1S/C23H25Br2F3N4O/c1-12-13(2)32(20-17(24)9-16(10-18(20)25)23(26,27)28)22-19(12)21(29-14(3)30-22)31-7-4-5-15(11-31)6-8-33/h9-10,15,33H,4-8,11H2,1-3H3. The average Bonchev–Trinajstić information content (AvgIpc) is 2.97. The molecule has 5 nitrogen and oxygen atoms in total. The molecule has 4 rings (SSSR count). The van der Waals surface area contributed by atoms with Crippen molar-refractivity contribution in [2.75, 3.05) is 24.6 Å². The molecule has 1 aliphatic heterocycles. The van der Waals surface area contributed by atoms with Crippen LogP contribution >= 0.6 is 31.9 Å². The average molecular weight is 590 g/mol. The lowest BCUT2D eigenvalue weighted by Crippen LogP contribution is -2.36. The molecule has 1 atom stereocenters. The Balaban J connectivity index is 1.92. The Labute approximate surface area is 207 Å². The van der Waals surface area contributed by atoms with E-state index in [9.17, 15) is 18.3 Å². The smallest absolute Gasteiger partial charge is 0.396 e. The van der Waals surface area contributed by atoms with Gasteiger partial charge >= 0.3 is 6.18 Å². The number of anilines is 1. The fourth-order valence-electron chi connectivity index (χ4n) is 4.67. The quantitative estimate of drug-likeness (QED) is 0.378. The highest BCUT2D eigenvalue weighted by molar-refractivity contribution is 9.11. The van der Waals surface area contributed by atoms with Crippen molar-refractivity contribution in [2.45, 2.75) is 46.2 Å². The number of aliphatic hydroxyl groups excluding tert-OH is 1. The van der Waals surface area contributed by atoms with Crippen LogP contribution in [-0.2, 0) is 6.18 Å². The van der Waals surface area contributed by atoms with Gasteiger partial charge in [0.25, 0.3) is 0 Å². The second-order valence-corrected chi connectivity index (χ2v) is 10.3. The van der Waals surface area contributed by atoms with E-state index in [-0.39, 0.29) is 6.61 Å². The maximum atomic E-state index is 13.3. The molecule has 0 saturated carbocycles. The highest BCUT2D eigenvalue weighted by atomic mass is 79.9. The molecule has 2 aromatic heterocycles. The van der Waals surface area contributed by atoms with E-state index in [2.05, 4.69) is 36.8 Å². The number of benzene rings is 1. The van der Waals surface area contributed by atoms with E-state index in [0.717, 1.165) is 66.9 Å². The molecule has 0 spiro atoms. The summed E-state index contributed by atoms with van der Waals surface area (Å²) in [7, 11) is 0. The molecule has 1 aliphatic rings. The molecule has 1 aromatic carbocycles. The van der Waals surface area contributed by atoms with E-state index >= 15 is 0 Å². The molecule has 1 fully saturated rings. The number of nitrogens with zero attached hydrogens (tertiary/aromatic N) is 4. The van der Waals surface area contributed by atoms with Crippen molar-refractivity contribution in [1.29, 1.82) is 0 Å². The van der Waals surface area contributed by atoms with Crippen molar-refractivity contribution in [3.63, 3.8) is 0 Å². The van der Waals surface area contributed by atoms with E-state index in [0.29, 0.717) is 32.0 Å². The molecule has 178 valence electrons. The van der Waals surface area contributed by atoms with Crippen molar-refractivity contribution in [3.05, 3.63) is 43.7 Å². The van der Waals surface area contributed by atoms with E-state index in [4.69, 9.17) is 9.97 Å². The maximum Gasteiger partial charge on any atom is 0.416 e. The van der Waals surface area contributed by atoms with E-state index in [1.807, 2.05) is 25.3 Å². The van der Waals surface area contributed by atoms with Gasteiger partial charge in [-0.15, -0.1) is 0 Å². The summed E-state index contributed by atoms with van der Waals surface area (Å²) in [6.45, 7) is 7.61. The zero-order chi connectivity index (χ0) is 24.1. The summed E-state index contributed by atoms with van der Waals surface area (Å²) < 4.78 is 42.5. The topological polar surface area (TPSA) is 54.2 Å². The number of aryl methyl sites for hydroxylation is 2. The molecule has 1 saturated heterocycles. The lowest BCUT2D eigenvalue weighted by atomic mass is 9.95. The van der Waals surface area contributed by atoms with Gasteiger partial charge in [-0.25, -0.2) is 9.97 Å². The number of aliphatic hydroxyl groups is 1. The first kappa shape index (κ1) is 24.5. The minimum Gasteiger partial charge on any atom is -0.396 e. The molecule has 0 aliphatic carbocycles. The van der Waals surface area contributed by atoms with Crippen LogP contribution in [0.2, 0.25) is 0 Å². The Kier molecular flexibility index (Phi) is 6.81. The molecule has 3 aromatic rings. The fraction of sp³-hybridized carbons (Fsp3) is 0.478. The summed E-state index contributed by atoms with van der Waals surface area (Å²) in [5.74, 6) is 1.84. The van der Waals surface area contributed by atoms with Gasteiger partial charge in [-0.1, -0.05) is 0 Å². The van der Waals surface area contributed by atoms with Crippen LogP contribution in [0.15, 0.2) is 21.1 Å². The summed E-state index contributed by atoms with van der Waals surface area (Å²) in [4.78, 5) is 11.8. The van der Waals surface area contributed by atoms with E-state index in [1.54, 1.807) is 0 Å². The second-order valence-electron chi connectivity index (χ2n) is 8.59. The maximum absolute atomic E-state index is 13.3. The first-order valence-electron chi connectivity index (χ1n) is 10.8. The van der Waals surface area contributed by atoms with Crippen LogP contribution in [0.3, 0.4) is 0 Å². The Morgan fingerprint density at radius 3 is 2.39 bits per heavy atom. The van der Waals surface area contributed by atoms with Crippen LogP contribution < -0.4 is 4.90 Å². The largest absolute Gasteiger partial charge is 0.416 e. The van der Waals surface area contributed by atoms with Crippen molar-refractivity contribution in [1.82, 2.24) is 14.5 Å². The fourth-order valence-corrected chi connectivity index (χ4v) is 6.21. The molecule has 10 heteroatoms. The summed E-state index contributed by atoms with van der Waals surface area (Å²) in [6, 6.07) is 2.19. The number of hydrogen-bond donors (Lipinski definition) is 1. The van der Waals surface area contributed by atoms with Crippen LogP contribution in [0.4, 0.5) is 19.0 Å². The Morgan fingerprint density at radius 1 is 1.12 bits per heavy atom. The van der Waals surface area contributed by atoms with Crippen LogP contribution in [0.25, 0.3) is 16.7 Å². The lowest BCUT2D eigenvalue weighted by molar-refractivity contribution is -0.137. The zero-order valence-electron chi connectivity index (χ0n) is 18.6. The van der Waals surface area contributed by atoms with E-state index < -0.39 is 11.7 Å². The van der Waals surface area contributed by atoms with Crippen LogP contribution in [-0.4, -0.2) is 39.3 Å². The molecule has 0 bridgehead atoms. The van der Waals surface area contributed by atoms with Gasteiger partial charge in [0, 0.05) is 34.3 Å². The van der Waals surface area contributed by atoms with Crippen LogP contribution in [0, 0.1) is 26.7 Å². The van der Waals surface area contributed by atoms with Gasteiger partial charge in [-0.3, -0.25) is 4.57 Å². The highest BCUT2D eigenvalue weighted by Gasteiger charge is 2.33. The highest BCUT2D eigenvalue weighted by Crippen LogP contribution is 2.42. The molecule has 3 heterocycles. The predicted octanol–water partition coefficient (Wildman–Crippen LogP) is 6.49. The van der Waals surface area contributed by atoms with Gasteiger partial charge in [-0.05, 0) is 95.5 Å². The van der Waals surface area contributed by atoms with Crippen LogP contribution in [0.5, 0.6) is 0 Å². The number of fused-ring (bicyclic) bond motifs is 1. The molecule has 1 N–H and O–H groups in total. The summed E-state index contributed by atoms with van der Waals surface area (Å²) in [6.07, 6.45) is -1.59. The first-order valence-corrected chi connectivity index (χ1v) is 12.4. The van der Waals surface area contributed by atoms with Gasteiger partial charge in [-0.2, -0.15) is 13.2 Å². The van der Waals surface area contributed by atoms with Gasteiger partial charge < -0.3 is 10.0 Å². The minimum absolute atomic E-state index is 0.168. The number of hydrogen-bond acceptors (Lipinski definition) is 4. The molecular weight excluding hydrogens is 565 g/mol. The third-order valence-corrected chi connectivity index (χ3v) is 7.58. The van der Waals surface area contributed by atoms with Gasteiger partial charge in [0.15, 0.2) is 5.65 Å². The number of alkyl halides is 3. The molecule has 33 heavy (non-hydrogen) atoms.